The fraction of sp³-hybridized carbons (Fsp3) is 0.857. The van der Waals surface area contributed by atoms with Gasteiger partial charge in [0.05, 0.1) is 12.8 Å². The van der Waals surface area contributed by atoms with Gasteiger partial charge in [0.2, 0.25) is 0 Å². The summed E-state index contributed by atoms with van der Waals surface area (Å²) in [5.41, 5.74) is 0. The smallest absolute Gasteiger partial charge is 0.306 e. The van der Waals surface area contributed by atoms with Crippen LogP contribution < -0.4 is 0 Å². The van der Waals surface area contributed by atoms with Gasteiger partial charge in [-0.25, -0.2) is 0 Å². The highest BCUT2D eigenvalue weighted by atomic mass is 16.6. The van der Waals surface area contributed by atoms with Gasteiger partial charge in [0.1, 0.15) is 12.2 Å². The summed E-state index contributed by atoms with van der Waals surface area (Å²) in [7, 11) is 0. The molecule has 0 aliphatic heterocycles. The van der Waals surface area contributed by atoms with Crippen LogP contribution >= 0.6 is 0 Å². The minimum Gasteiger partial charge on any atom is -0.462 e. The molecule has 0 heterocycles. The van der Waals surface area contributed by atoms with Crippen LogP contribution in [0.4, 0.5) is 0 Å². The fourth-order valence-corrected chi connectivity index (χ4v) is 2.71. The molecule has 0 saturated heterocycles. The molecule has 2 rings (SSSR count). The minimum absolute atomic E-state index is 0.0864. The first kappa shape index (κ1) is 13.4. The summed E-state index contributed by atoms with van der Waals surface area (Å²) >= 11 is 0. The Morgan fingerprint density at radius 3 is 1.39 bits per heavy atom. The summed E-state index contributed by atoms with van der Waals surface area (Å²) < 4.78 is 10.6. The summed E-state index contributed by atoms with van der Waals surface area (Å²) in [4.78, 5) is 23.0. The molecule has 2 saturated carbocycles. The second-order valence-corrected chi connectivity index (χ2v) is 5.29. The third kappa shape index (κ3) is 4.31. The zero-order valence-electron chi connectivity index (χ0n) is 10.9. The van der Waals surface area contributed by atoms with Crippen LogP contribution in [0.3, 0.4) is 0 Å². The van der Waals surface area contributed by atoms with Crippen molar-refractivity contribution in [3.05, 3.63) is 0 Å². The van der Waals surface area contributed by atoms with Gasteiger partial charge in [-0.05, 0) is 51.4 Å². The van der Waals surface area contributed by atoms with Crippen LogP contribution in [-0.2, 0) is 19.1 Å². The number of hydrogen-bond donors (Lipinski definition) is 0. The summed E-state index contributed by atoms with van der Waals surface area (Å²) in [6.07, 6.45) is 8.93. The Balaban J connectivity index is 1.57. The fourth-order valence-electron chi connectivity index (χ4n) is 2.71. The molecule has 0 spiro atoms. The predicted molar refractivity (Wildman–Crippen MR) is 65.9 cm³/mol. The maximum atomic E-state index is 11.5. The van der Waals surface area contributed by atoms with Gasteiger partial charge in [0.25, 0.3) is 0 Å². The number of rotatable bonds is 5. The lowest BCUT2D eigenvalue weighted by Gasteiger charge is -2.12. The van der Waals surface area contributed by atoms with Gasteiger partial charge in [-0.2, -0.15) is 0 Å². The summed E-state index contributed by atoms with van der Waals surface area (Å²) in [6.45, 7) is 0. The quantitative estimate of drug-likeness (QED) is 0.708. The van der Waals surface area contributed by atoms with E-state index in [2.05, 4.69) is 0 Å². The highest BCUT2D eigenvalue weighted by Crippen LogP contribution is 2.22. The molecule has 18 heavy (non-hydrogen) atoms. The molecule has 102 valence electrons. The van der Waals surface area contributed by atoms with E-state index in [-0.39, 0.29) is 37.0 Å². The molecule has 2 aliphatic carbocycles. The van der Waals surface area contributed by atoms with Crippen LogP contribution in [0, 0.1) is 0 Å². The zero-order chi connectivity index (χ0) is 12.8. The molecular weight excluding hydrogens is 232 g/mol. The van der Waals surface area contributed by atoms with E-state index in [9.17, 15) is 9.59 Å². The minimum atomic E-state index is -0.259. The molecular formula is C14H22O4. The van der Waals surface area contributed by atoms with Crippen molar-refractivity contribution in [3.8, 4) is 0 Å². The van der Waals surface area contributed by atoms with Gasteiger partial charge in [0.15, 0.2) is 0 Å². The van der Waals surface area contributed by atoms with Gasteiger partial charge in [-0.1, -0.05) is 0 Å². The van der Waals surface area contributed by atoms with E-state index in [0.29, 0.717) is 0 Å². The van der Waals surface area contributed by atoms with Crippen LogP contribution in [-0.4, -0.2) is 24.1 Å². The molecule has 0 amide bonds. The average molecular weight is 254 g/mol. The van der Waals surface area contributed by atoms with Crippen molar-refractivity contribution >= 4 is 11.9 Å². The van der Waals surface area contributed by atoms with E-state index in [0.717, 1.165) is 51.4 Å². The van der Waals surface area contributed by atoms with Crippen molar-refractivity contribution in [2.75, 3.05) is 0 Å². The predicted octanol–water partition coefficient (Wildman–Crippen LogP) is 2.74. The first-order valence-electron chi connectivity index (χ1n) is 7.13. The third-order valence-electron chi connectivity index (χ3n) is 3.73. The molecule has 0 aromatic rings. The molecule has 4 heteroatoms. The molecule has 2 fully saturated rings. The highest BCUT2D eigenvalue weighted by Gasteiger charge is 2.22. The maximum Gasteiger partial charge on any atom is 0.306 e. The normalized spacial score (nSPS) is 21.1. The molecule has 0 aromatic carbocycles. The van der Waals surface area contributed by atoms with Crippen LogP contribution in [0.25, 0.3) is 0 Å². The summed E-state index contributed by atoms with van der Waals surface area (Å²) in [6, 6.07) is 0. The molecule has 0 aromatic heterocycles. The highest BCUT2D eigenvalue weighted by molar-refractivity contribution is 5.77. The Hall–Kier alpha value is -1.06. The number of carbonyl (C=O) groups is 2. The van der Waals surface area contributed by atoms with Gasteiger partial charge in [-0.3, -0.25) is 9.59 Å². The third-order valence-corrected chi connectivity index (χ3v) is 3.73. The number of esters is 2. The number of ether oxygens (including phenoxy) is 2. The monoisotopic (exact) mass is 254 g/mol. The molecule has 0 radical (unpaired) electrons. The van der Waals surface area contributed by atoms with Gasteiger partial charge >= 0.3 is 11.9 Å². The van der Waals surface area contributed by atoms with Crippen molar-refractivity contribution in [1.29, 1.82) is 0 Å². The topological polar surface area (TPSA) is 52.6 Å². The molecule has 0 atom stereocenters. The van der Waals surface area contributed by atoms with Crippen molar-refractivity contribution in [1.82, 2.24) is 0 Å². The Morgan fingerprint density at radius 1 is 0.722 bits per heavy atom. The zero-order valence-corrected chi connectivity index (χ0v) is 10.9. The van der Waals surface area contributed by atoms with E-state index in [1.54, 1.807) is 0 Å². The Labute approximate surface area is 108 Å². The second-order valence-electron chi connectivity index (χ2n) is 5.29. The molecule has 0 bridgehead atoms. The Bertz CT molecular complexity index is 258. The van der Waals surface area contributed by atoms with E-state index in [1.807, 2.05) is 0 Å². The lowest BCUT2D eigenvalue weighted by Crippen LogP contribution is -2.18. The SMILES string of the molecule is O=C(CCC(=O)OC1CCCC1)OC1CCCC1. The van der Waals surface area contributed by atoms with E-state index >= 15 is 0 Å². The summed E-state index contributed by atoms with van der Waals surface area (Å²) in [5, 5.41) is 0. The lowest BCUT2D eigenvalue weighted by molar-refractivity contribution is -0.155. The first-order valence-corrected chi connectivity index (χ1v) is 7.13. The van der Waals surface area contributed by atoms with Crippen LogP contribution in [0.5, 0.6) is 0 Å². The number of hydrogen-bond acceptors (Lipinski definition) is 4. The van der Waals surface area contributed by atoms with Crippen molar-refractivity contribution in [2.45, 2.75) is 76.4 Å². The molecule has 0 unspecified atom stereocenters. The van der Waals surface area contributed by atoms with Gasteiger partial charge in [0, 0.05) is 0 Å². The summed E-state index contributed by atoms with van der Waals surface area (Å²) in [5.74, 6) is -0.518. The van der Waals surface area contributed by atoms with E-state index < -0.39 is 0 Å². The average Bonchev–Trinajstić information content (AvgIpc) is 2.99. The van der Waals surface area contributed by atoms with Crippen molar-refractivity contribution in [2.24, 2.45) is 0 Å². The Morgan fingerprint density at radius 2 is 1.06 bits per heavy atom. The standard InChI is InChI=1S/C14H22O4/c15-13(17-11-5-1-2-6-11)9-10-14(16)18-12-7-3-4-8-12/h11-12H,1-10H2. The van der Waals surface area contributed by atoms with Gasteiger partial charge in [-0.15, -0.1) is 0 Å². The largest absolute Gasteiger partial charge is 0.462 e. The Kier molecular flexibility index (Phi) is 5.02. The molecule has 0 N–H and O–H groups in total. The maximum absolute atomic E-state index is 11.5. The number of carbonyl (C=O) groups excluding carboxylic acids is 2. The van der Waals surface area contributed by atoms with Crippen LogP contribution in [0.1, 0.15) is 64.2 Å². The lowest BCUT2D eigenvalue weighted by atomic mass is 10.2. The van der Waals surface area contributed by atoms with Crippen LogP contribution in [0.15, 0.2) is 0 Å². The van der Waals surface area contributed by atoms with E-state index in [4.69, 9.17) is 9.47 Å². The van der Waals surface area contributed by atoms with Gasteiger partial charge < -0.3 is 9.47 Å². The molecule has 4 nitrogen and oxygen atoms in total. The van der Waals surface area contributed by atoms with Crippen LogP contribution in [0.2, 0.25) is 0 Å². The first-order chi connectivity index (χ1) is 8.74. The second kappa shape index (κ2) is 6.76. The van der Waals surface area contributed by atoms with Crippen molar-refractivity contribution in [3.63, 3.8) is 0 Å². The van der Waals surface area contributed by atoms with E-state index in [1.165, 1.54) is 0 Å². The van der Waals surface area contributed by atoms with Crippen molar-refractivity contribution < 1.29 is 19.1 Å². The molecule has 2 aliphatic rings.